The number of esters is 1. The van der Waals surface area contributed by atoms with E-state index in [1.165, 1.54) is 7.11 Å². The van der Waals surface area contributed by atoms with Gasteiger partial charge in [-0.25, -0.2) is 14.6 Å². The first-order valence-corrected chi connectivity index (χ1v) is 8.80. The molecule has 0 fully saturated rings. The smallest absolute Gasteiger partial charge is 0.328 e. The third-order valence-corrected chi connectivity index (χ3v) is 5.19. The van der Waals surface area contributed by atoms with Crippen LogP contribution in [-0.2, 0) is 16.0 Å². The zero-order valence-electron chi connectivity index (χ0n) is 14.3. The van der Waals surface area contributed by atoms with Crippen LogP contribution in [0.4, 0.5) is 4.79 Å². The van der Waals surface area contributed by atoms with Gasteiger partial charge in [-0.1, -0.05) is 35.3 Å². The molecule has 0 aliphatic carbocycles. The normalized spacial score (nSPS) is 17.4. The fourth-order valence-corrected chi connectivity index (χ4v) is 3.46. The zero-order chi connectivity index (χ0) is 18.8. The lowest BCUT2D eigenvalue weighted by molar-refractivity contribution is -0.142. The number of carbonyl (C=O) groups is 2. The summed E-state index contributed by atoms with van der Waals surface area (Å²) in [5.41, 5.74) is 2.32. The second kappa shape index (κ2) is 7.55. The molecule has 1 aromatic carbocycles. The Balaban J connectivity index is 1.97. The van der Waals surface area contributed by atoms with Gasteiger partial charge in [0.05, 0.1) is 29.2 Å². The van der Waals surface area contributed by atoms with E-state index >= 15 is 0 Å². The third-order valence-electron chi connectivity index (χ3n) is 4.36. The van der Waals surface area contributed by atoms with Gasteiger partial charge in [-0.05, 0) is 13.0 Å². The number of halogens is 2. The van der Waals surface area contributed by atoms with E-state index in [0.29, 0.717) is 34.3 Å². The Morgan fingerprint density at radius 3 is 2.92 bits per heavy atom. The summed E-state index contributed by atoms with van der Waals surface area (Å²) in [5.74, 6) is -0.520. The fourth-order valence-electron chi connectivity index (χ4n) is 3.05. The van der Waals surface area contributed by atoms with Gasteiger partial charge in [-0.15, -0.1) is 0 Å². The molecule has 7 nitrogen and oxygen atoms in total. The van der Waals surface area contributed by atoms with E-state index in [0.717, 1.165) is 5.69 Å². The lowest BCUT2D eigenvalue weighted by atomic mass is 9.96. The Labute approximate surface area is 160 Å². The van der Waals surface area contributed by atoms with Crippen LogP contribution in [0.15, 0.2) is 24.5 Å². The van der Waals surface area contributed by atoms with Gasteiger partial charge in [0.1, 0.15) is 12.1 Å². The molecule has 2 N–H and O–H groups in total. The molecule has 2 aromatic rings. The number of urea groups is 1. The summed E-state index contributed by atoms with van der Waals surface area (Å²) < 4.78 is 4.66. The highest BCUT2D eigenvalue weighted by Crippen LogP contribution is 2.39. The highest BCUT2D eigenvalue weighted by atomic mass is 35.5. The van der Waals surface area contributed by atoms with Crippen molar-refractivity contribution in [2.45, 2.75) is 25.4 Å². The van der Waals surface area contributed by atoms with E-state index < -0.39 is 24.1 Å². The number of nitrogens with one attached hydrogen (secondary N) is 2. The molecule has 1 unspecified atom stereocenters. The van der Waals surface area contributed by atoms with Crippen molar-refractivity contribution in [2.75, 3.05) is 13.7 Å². The summed E-state index contributed by atoms with van der Waals surface area (Å²) in [5, 5.41) is 3.42. The number of carbonyl (C=O) groups excluding carboxylic acids is 2. The van der Waals surface area contributed by atoms with Crippen molar-refractivity contribution in [1.29, 1.82) is 0 Å². The number of imidazole rings is 1. The molecular formula is C17H18Cl2N4O3. The standard InChI is InChI=1S/C17H18Cl2N4O3/c1-9(16(24)26-2)22-17(25)23-7-6-12-14(21-8-20-12)15(23)10-4-3-5-11(18)13(10)19/h3-5,8-9,15H,6-7H2,1-2H3,(H,20,21)(H,22,25)/t9-,15?/m0/s1. The fraction of sp³-hybridized carbons (Fsp3) is 0.353. The Morgan fingerprint density at radius 1 is 1.42 bits per heavy atom. The van der Waals surface area contributed by atoms with Crippen molar-refractivity contribution in [2.24, 2.45) is 0 Å². The number of amides is 2. The van der Waals surface area contributed by atoms with Crippen LogP contribution in [0.1, 0.15) is 29.9 Å². The number of methoxy groups -OCH3 is 1. The number of hydrogen-bond donors (Lipinski definition) is 2. The molecule has 2 heterocycles. The van der Waals surface area contributed by atoms with E-state index in [9.17, 15) is 9.59 Å². The molecule has 1 aliphatic heterocycles. The molecule has 2 atom stereocenters. The lowest BCUT2D eigenvalue weighted by Gasteiger charge is -2.36. The largest absolute Gasteiger partial charge is 0.467 e. The number of nitrogens with zero attached hydrogens (tertiary/aromatic N) is 2. The van der Waals surface area contributed by atoms with Gasteiger partial charge in [0.2, 0.25) is 0 Å². The first-order chi connectivity index (χ1) is 12.4. The van der Waals surface area contributed by atoms with E-state index in [4.69, 9.17) is 23.2 Å². The second-order valence-corrected chi connectivity index (χ2v) is 6.73. The molecule has 9 heteroatoms. The molecule has 138 valence electrons. The molecule has 1 aromatic heterocycles. The topological polar surface area (TPSA) is 87.3 Å². The van der Waals surface area contributed by atoms with Crippen molar-refractivity contribution >= 4 is 35.2 Å². The summed E-state index contributed by atoms with van der Waals surface area (Å²) in [7, 11) is 1.27. The molecule has 0 radical (unpaired) electrons. The Kier molecular flexibility index (Phi) is 5.38. The van der Waals surface area contributed by atoms with Crippen molar-refractivity contribution in [1.82, 2.24) is 20.2 Å². The summed E-state index contributed by atoms with van der Waals surface area (Å²) in [4.78, 5) is 33.5. The highest BCUT2D eigenvalue weighted by Gasteiger charge is 2.36. The highest BCUT2D eigenvalue weighted by molar-refractivity contribution is 6.42. The maximum absolute atomic E-state index is 12.8. The Morgan fingerprint density at radius 2 is 2.19 bits per heavy atom. The van der Waals surface area contributed by atoms with Crippen LogP contribution in [0.25, 0.3) is 0 Å². The van der Waals surface area contributed by atoms with E-state index in [2.05, 4.69) is 20.0 Å². The van der Waals surface area contributed by atoms with Crippen molar-refractivity contribution in [3.63, 3.8) is 0 Å². The number of benzene rings is 1. The van der Waals surface area contributed by atoms with Crippen LogP contribution in [0.2, 0.25) is 10.0 Å². The second-order valence-electron chi connectivity index (χ2n) is 5.95. The monoisotopic (exact) mass is 396 g/mol. The van der Waals surface area contributed by atoms with Crippen LogP contribution in [0.5, 0.6) is 0 Å². The maximum Gasteiger partial charge on any atom is 0.328 e. The third kappa shape index (κ3) is 3.37. The number of aromatic amines is 1. The van der Waals surface area contributed by atoms with E-state index in [-0.39, 0.29) is 0 Å². The van der Waals surface area contributed by atoms with Crippen LogP contribution < -0.4 is 5.32 Å². The maximum atomic E-state index is 12.8. The average molecular weight is 397 g/mol. The molecule has 3 rings (SSSR count). The van der Waals surface area contributed by atoms with Gasteiger partial charge in [0, 0.05) is 24.2 Å². The summed E-state index contributed by atoms with van der Waals surface area (Å²) in [6, 6.07) is 3.58. The predicted octanol–water partition coefficient (Wildman–Crippen LogP) is 2.94. The molecule has 0 saturated carbocycles. The van der Waals surface area contributed by atoms with Gasteiger partial charge in [-0.2, -0.15) is 0 Å². The SMILES string of the molecule is COC(=O)[C@H](C)NC(=O)N1CCc2[nH]cnc2C1c1cccc(Cl)c1Cl. The van der Waals surface area contributed by atoms with Crippen LogP contribution in [0.3, 0.4) is 0 Å². The Bertz CT molecular complexity index is 839. The van der Waals surface area contributed by atoms with Crippen LogP contribution in [-0.4, -0.2) is 46.6 Å². The molecule has 0 bridgehead atoms. The lowest BCUT2D eigenvalue weighted by Crippen LogP contribution is -2.50. The molecular weight excluding hydrogens is 379 g/mol. The first kappa shape index (κ1) is 18.5. The van der Waals surface area contributed by atoms with Gasteiger partial charge in [0.25, 0.3) is 0 Å². The van der Waals surface area contributed by atoms with Crippen molar-refractivity contribution in [3.8, 4) is 0 Å². The number of hydrogen-bond acceptors (Lipinski definition) is 4. The first-order valence-electron chi connectivity index (χ1n) is 8.05. The molecule has 2 amide bonds. The summed E-state index contributed by atoms with van der Waals surface area (Å²) in [6.07, 6.45) is 2.21. The van der Waals surface area contributed by atoms with E-state index in [1.54, 1.807) is 30.3 Å². The van der Waals surface area contributed by atoms with Crippen LogP contribution in [0, 0.1) is 0 Å². The minimum absolute atomic E-state index is 0.369. The molecule has 1 aliphatic rings. The summed E-state index contributed by atoms with van der Waals surface area (Å²) >= 11 is 12.6. The number of fused-ring (bicyclic) bond motifs is 1. The number of rotatable bonds is 3. The van der Waals surface area contributed by atoms with Gasteiger partial charge < -0.3 is 19.9 Å². The average Bonchev–Trinajstić information content (AvgIpc) is 3.11. The summed E-state index contributed by atoms with van der Waals surface area (Å²) in [6.45, 7) is 2.00. The number of ether oxygens (including phenoxy) is 1. The number of aromatic nitrogens is 2. The Hall–Kier alpha value is -2.25. The van der Waals surface area contributed by atoms with Crippen molar-refractivity contribution in [3.05, 3.63) is 51.5 Å². The van der Waals surface area contributed by atoms with Crippen molar-refractivity contribution < 1.29 is 14.3 Å². The van der Waals surface area contributed by atoms with Gasteiger partial charge in [-0.3, -0.25) is 0 Å². The minimum atomic E-state index is -0.774. The van der Waals surface area contributed by atoms with Gasteiger partial charge in [0.15, 0.2) is 0 Å². The van der Waals surface area contributed by atoms with E-state index in [1.807, 2.05) is 6.07 Å². The van der Waals surface area contributed by atoms with Crippen LogP contribution >= 0.6 is 23.2 Å². The zero-order valence-corrected chi connectivity index (χ0v) is 15.8. The number of H-pyrrole nitrogens is 1. The minimum Gasteiger partial charge on any atom is -0.467 e. The molecule has 26 heavy (non-hydrogen) atoms. The van der Waals surface area contributed by atoms with Gasteiger partial charge >= 0.3 is 12.0 Å². The predicted molar refractivity (Wildman–Crippen MR) is 97.3 cm³/mol. The molecule has 0 saturated heterocycles. The quantitative estimate of drug-likeness (QED) is 0.780. The molecule has 0 spiro atoms.